The monoisotopic (exact) mass is 486 g/mol. The summed E-state index contributed by atoms with van der Waals surface area (Å²) in [5, 5.41) is 15.0. The molecule has 3 rings (SSSR count). The van der Waals surface area contributed by atoms with Crippen molar-refractivity contribution in [1.29, 1.82) is 0 Å². The Labute approximate surface area is 169 Å². The maximum absolute atomic E-state index is 10.2. The van der Waals surface area contributed by atoms with E-state index in [0.29, 0.717) is 12.5 Å². The number of hydrogen-bond donors (Lipinski definition) is 1. The molecule has 0 bridgehead atoms. The summed E-state index contributed by atoms with van der Waals surface area (Å²) in [5.74, 6) is 0.653. The first-order valence-corrected chi connectivity index (χ1v) is 13.6. The van der Waals surface area contributed by atoms with Crippen LogP contribution in [0.5, 0.6) is 11.5 Å². The molecule has 0 unspecified atom stereocenters. The second-order valence-corrected chi connectivity index (χ2v) is 15.2. The molecule has 7 heteroatoms. The Morgan fingerprint density at radius 3 is 2.58 bits per heavy atom. The highest BCUT2D eigenvalue weighted by atomic mass is 127. The van der Waals surface area contributed by atoms with E-state index in [4.69, 9.17) is 14.6 Å². The number of phenolic OH excluding ortho intramolecular Hbond substituents is 1. The number of halogens is 1. The van der Waals surface area contributed by atoms with Gasteiger partial charge in [0.1, 0.15) is 10.4 Å². The van der Waals surface area contributed by atoms with Crippen LogP contribution in [0.4, 0.5) is 0 Å². The molecule has 5 nitrogen and oxygen atoms in total. The Balaban J connectivity index is 1.98. The van der Waals surface area contributed by atoms with Crippen LogP contribution in [-0.2, 0) is 16.9 Å². The molecule has 2 aromatic rings. The van der Waals surface area contributed by atoms with Crippen LogP contribution in [0, 0.1) is 3.70 Å². The Morgan fingerprint density at radius 1 is 1.27 bits per heavy atom. The van der Waals surface area contributed by atoms with Crippen molar-refractivity contribution >= 4 is 30.7 Å². The predicted molar refractivity (Wildman–Crippen MR) is 115 cm³/mol. The van der Waals surface area contributed by atoms with Crippen LogP contribution in [0.1, 0.15) is 25.0 Å². The van der Waals surface area contributed by atoms with E-state index in [-0.39, 0.29) is 11.2 Å². The van der Waals surface area contributed by atoms with Crippen LogP contribution in [-0.4, -0.2) is 36.7 Å². The summed E-state index contributed by atoms with van der Waals surface area (Å²) in [4.78, 5) is 0. The number of aromatic hydroxyl groups is 1. The number of aromatic nitrogens is 2. The Bertz CT molecular complexity index is 840. The Morgan fingerprint density at radius 2 is 1.96 bits per heavy atom. The minimum Gasteiger partial charge on any atom is -0.504 e. The predicted octanol–water partition coefficient (Wildman–Crippen LogP) is 4.82. The Hall–Kier alpha value is -1.06. The smallest absolute Gasteiger partial charge is 0.161 e. The normalized spacial score (nSPS) is 15.0. The fourth-order valence-corrected chi connectivity index (χ4v) is 5.41. The molecule has 0 spiro atoms. The van der Waals surface area contributed by atoms with Crippen LogP contribution in [0.3, 0.4) is 0 Å². The minimum atomic E-state index is -1.11. The Kier molecular flexibility index (Phi) is 5.17. The summed E-state index contributed by atoms with van der Waals surface area (Å²) in [6.07, 6.45) is 0. The van der Waals surface area contributed by atoms with Crippen LogP contribution in [0.15, 0.2) is 12.1 Å². The van der Waals surface area contributed by atoms with Crippen LogP contribution in [0.25, 0.3) is 11.3 Å². The molecule has 0 atom stereocenters. The third kappa shape index (κ3) is 3.40. The van der Waals surface area contributed by atoms with E-state index >= 15 is 0 Å². The van der Waals surface area contributed by atoms with Crippen molar-refractivity contribution < 1.29 is 14.6 Å². The average molecular weight is 486 g/mol. The highest BCUT2D eigenvalue weighted by Crippen LogP contribution is 2.52. The molecule has 0 fully saturated rings. The van der Waals surface area contributed by atoms with Gasteiger partial charge >= 0.3 is 0 Å². The fraction of sp³-hybridized carbons (Fsp3) is 0.526. The first-order valence-electron chi connectivity index (χ1n) is 8.82. The fourth-order valence-electron chi connectivity index (χ4n) is 3.46. The van der Waals surface area contributed by atoms with Crippen molar-refractivity contribution in [2.45, 2.75) is 51.7 Å². The molecule has 1 aromatic heterocycles. The van der Waals surface area contributed by atoms with Crippen molar-refractivity contribution in [2.24, 2.45) is 0 Å². The lowest BCUT2D eigenvalue weighted by Gasteiger charge is -2.21. The zero-order valence-electron chi connectivity index (χ0n) is 16.3. The molecule has 0 radical (unpaired) electrons. The summed E-state index contributed by atoms with van der Waals surface area (Å²) >= 11 is 2.30. The van der Waals surface area contributed by atoms with Gasteiger partial charge in [0.2, 0.25) is 0 Å². The zero-order chi connectivity index (χ0) is 19.3. The number of hydrogen-bond acceptors (Lipinski definition) is 4. The molecule has 1 aliphatic rings. The largest absolute Gasteiger partial charge is 0.504 e. The van der Waals surface area contributed by atoms with Gasteiger partial charge in [-0.05, 0) is 46.3 Å². The molecule has 1 aromatic carbocycles. The van der Waals surface area contributed by atoms with Gasteiger partial charge in [0.05, 0.1) is 12.8 Å². The number of phenols is 1. The molecule has 0 saturated carbocycles. The van der Waals surface area contributed by atoms with E-state index in [1.165, 1.54) is 5.56 Å². The van der Waals surface area contributed by atoms with Gasteiger partial charge in [0, 0.05) is 31.2 Å². The maximum Gasteiger partial charge on any atom is 0.161 e. The number of methoxy groups -OCH3 is 1. The van der Waals surface area contributed by atoms with Gasteiger partial charge in [-0.3, -0.25) is 0 Å². The van der Waals surface area contributed by atoms with Crippen LogP contribution < -0.4 is 4.74 Å². The molecule has 1 N–H and O–H groups in total. The minimum absolute atomic E-state index is 0.172. The summed E-state index contributed by atoms with van der Waals surface area (Å²) in [6.45, 7) is 12.6. The molecule has 1 aliphatic carbocycles. The van der Waals surface area contributed by atoms with E-state index in [9.17, 15) is 5.11 Å². The highest BCUT2D eigenvalue weighted by Gasteiger charge is 2.42. The number of nitrogens with zero attached hydrogens (tertiary/aromatic N) is 2. The molecule has 0 amide bonds. The summed E-state index contributed by atoms with van der Waals surface area (Å²) in [6, 6.07) is 4.87. The van der Waals surface area contributed by atoms with E-state index in [1.807, 2.05) is 16.8 Å². The van der Waals surface area contributed by atoms with Gasteiger partial charge < -0.3 is 14.6 Å². The van der Waals surface area contributed by atoms with E-state index in [0.717, 1.165) is 33.2 Å². The summed E-state index contributed by atoms with van der Waals surface area (Å²) in [7, 11) is 0.462. The van der Waals surface area contributed by atoms with Gasteiger partial charge in [-0.15, -0.1) is 0 Å². The molecular weight excluding hydrogens is 459 g/mol. The topological polar surface area (TPSA) is 56.5 Å². The van der Waals surface area contributed by atoms with E-state index < -0.39 is 8.07 Å². The van der Waals surface area contributed by atoms with Gasteiger partial charge in [0.25, 0.3) is 0 Å². The molecule has 142 valence electrons. The number of ether oxygens (including phenoxy) is 2. The van der Waals surface area contributed by atoms with E-state index in [1.54, 1.807) is 7.11 Å². The molecule has 0 saturated heterocycles. The third-order valence-corrected chi connectivity index (χ3v) is 7.45. The van der Waals surface area contributed by atoms with Crippen molar-refractivity contribution in [3.05, 3.63) is 27.0 Å². The zero-order valence-corrected chi connectivity index (χ0v) is 19.5. The summed E-state index contributed by atoms with van der Waals surface area (Å²) in [5.41, 5.74) is 4.19. The quantitative estimate of drug-likeness (QED) is 0.362. The lowest BCUT2D eigenvalue weighted by molar-refractivity contribution is 0.0795. The molecule has 0 aliphatic heterocycles. The SMILES string of the molecule is COc1cc2c(cc1O)C(C)(C)c1c(I)nn(COCC[Si](C)(C)C)c1-2. The van der Waals surface area contributed by atoms with Gasteiger partial charge in [-0.1, -0.05) is 33.5 Å². The second kappa shape index (κ2) is 6.83. The van der Waals surface area contributed by atoms with Crippen LogP contribution >= 0.6 is 22.6 Å². The number of fused-ring (bicyclic) bond motifs is 3. The van der Waals surface area contributed by atoms with Gasteiger partial charge in [-0.2, -0.15) is 5.10 Å². The van der Waals surface area contributed by atoms with Crippen molar-refractivity contribution in [1.82, 2.24) is 9.78 Å². The van der Waals surface area contributed by atoms with Crippen LogP contribution in [0.2, 0.25) is 25.7 Å². The standard InChI is InChI=1S/C19H27IN2O3Si/c1-19(2)13-10-14(23)15(24-3)9-12(13)17-16(19)18(20)21-22(17)11-25-7-8-26(4,5)6/h9-10,23H,7-8,11H2,1-6H3. The van der Waals surface area contributed by atoms with Gasteiger partial charge in [0.15, 0.2) is 11.5 Å². The lowest BCUT2D eigenvalue weighted by Crippen LogP contribution is -2.22. The van der Waals surface area contributed by atoms with Crippen molar-refractivity contribution in [2.75, 3.05) is 13.7 Å². The first-order chi connectivity index (χ1) is 12.1. The average Bonchev–Trinajstić information content (AvgIpc) is 2.97. The van der Waals surface area contributed by atoms with E-state index in [2.05, 4.69) is 56.1 Å². The second-order valence-electron chi connectivity index (χ2n) is 8.56. The maximum atomic E-state index is 10.2. The lowest BCUT2D eigenvalue weighted by atomic mass is 9.83. The number of rotatable bonds is 6. The highest BCUT2D eigenvalue weighted by molar-refractivity contribution is 14.1. The third-order valence-electron chi connectivity index (χ3n) is 4.99. The first kappa shape index (κ1) is 19.7. The molecule has 26 heavy (non-hydrogen) atoms. The van der Waals surface area contributed by atoms with Gasteiger partial charge in [-0.25, -0.2) is 4.68 Å². The van der Waals surface area contributed by atoms with Crippen molar-refractivity contribution in [3.8, 4) is 22.8 Å². The molecule has 1 heterocycles. The molecular formula is C19H27IN2O3Si. The van der Waals surface area contributed by atoms with Crippen molar-refractivity contribution in [3.63, 3.8) is 0 Å². The summed E-state index contributed by atoms with van der Waals surface area (Å²) < 4.78 is 14.2. The number of benzene rings is 1.